The summed E-state index contributed by atoms with van der Waals surface area (Å²) < 4.78 is 5.66. The molecule has 0 aromatic carbocycles. The third kappa shape index (κ3) is 8.03. The van der Waals surface area contributed by atoms with Crippen molar-refractivity contribution in [2.24, 2.45) is 10.9 Å². The van der Waals surface area contributed by atoms with Gasteiger partial charge in [0, 0.05) is 51.7 Å². The zero-order valence-electron chi connectivity index (χ0n) is 16.2. The Morgan fingerprint density at radius 1 is 1.19 bits per heavy atom. The van der Waals surface area contributed by atoms with Crippen molar-refractivity contribution in [3.63, 3.8) is 0 Å². The average molecular weight is 476 g/mol. The van der Waals surface area contributed by atoms with Gasteiger partial charge in [-0.25, -0.2) is 9.97 Å². The van der Waals surface area contributed by atoms with Crippen LogP contribution in [0.5, 0.6) is 0 Å². The Bertz CT molecular complexity index is 506. The minimum Gasteiger partial charge on any atom is -0.380 e. The van der Waals surface area contributed by atoms with Gasteiger partial charge in [0.2, 0.25) is 5.95 Å². The molecule has 26 heavy (non-hydrogen) atoms. The van der Waals surface area contributed by atoms with Crippen molar-refractivity contribution in [3.8, 4) is 0 Å². The van der Waals surface area contributed by atoms with E-state index in [0.717, 1.165) is 57.7 Å². The number of anilines is 1. The summed E-state index contributed by atoms with van der Waals surface area (Å²) in [6, 6.07) is 1.85. The van der Waals surface area contributed by atoms with Gasteiger partial charge in [-0.15, -0.1) is 24.0 Å². The fraction of sp³-hybridized carbons (Fsp3) is 0.722. The van der Waals surface area contributed by atoms with Crippen molar-refractivity contribution in [3.05, 3.63) is 18.5 Å². The Hall–Kier alpha value is -1.16. The molecule has 1 aromatic heterocycles. The summed E-state index contributed by atoms with van der Waals surface area (Å²) in [7, 11) is 0. The highest BCUT2D eigenvalue weighted by Gasteiger charge is 2.20. The van der Waals surface area contributed by atoms with Gasteiger partial charge in [0.1, 0.15) is 0 Å². The number of nitrogens with one attached hydrogen (secondary N) is 1. The third-order valence-corrected chi connectivity index (χ3v) is 4.09. The van der Waals surface area contributed by atoms with Gasteiger partial charge in [0.05, 0.1) is 13.2 Å². The van der Waals surface area contributed by atoms with E-state index >= 15 is 0 Å². The van der Waals surface area contributed by atoms with Gasteiger partial charge in [0.25, 0.3) is 0 Å². The van der Waals surface area contributed by atoms with Crippen LogP contribution in [-0.2, 0) is 4.74 Å². The van der Waals surface area contributed by atoms with Crippen LogP contribution < -0.4 is 10.2 Å². The first-order valence-corrected chi connectivity index (χ1v) is 9.33. The summed E-state index contributed by atoms with van der Waals surface area (Å²) in [6.45, 7) is 13.2. The first kappa shape index (κ1) is 22.9. The summed E-state index contributed by atoms with van der Waals surface area (Å²) >= 11 is 0. The molecular weight excluding hydrogens is 443 g/mol. The van der Waals surface area contributed by atoms with E-state index in [9.17, 15) is 0 Å². The van der Waals surface area contributed by atoms with Gasteiger partial charge in [-0.05, 0) is 25.3 Å². The number of rotatable bonds is 8. The molecule has 1 fully saturated rings. The lowest BCUT2D eigenvalue weighted by Gasteiger charge is -2.36. The van der Waals surface area contributed by atoms with E-state index in [1.807, 2.05) is 6.07 Å². The predicted molar refractivity (Wildman–Crippen MR) is 117 cm³/mol. The number of hydrogen-bond donors (Lipinski definition) is 1. The quantitative estimate of drug-likeness (QED) is 0.269. The Morgan fingerprint density at radius 2 is 1.88 bits per heavy atom. The highest BCUT2D eigenvalue weighted by atomic mass is 127. The van der Waals surface area contributed by atoms with Gasteiger partial charge >= 0.3 is 0 Å². The number of aromatic nitrogens is 2. The molecule has 1 saturated heterocycles. The Balaban J connectivity index is 0.00000338. The molecule has 0 atom stereocenters. The highest BCUT2D eigenvalue weighted by molar-refractivity contribution is 14.0. The van der Waals surface area contributed by atoms with Gasteiger partial charge in [-0.3, -0.25) is 4.99 Å². The van der Waals surface area contributed by atoms with Crippen molar-refractivity contribution in [2.75, 3.05) is 57.4 Å². The molecule has 0 unspecified atom stereocenters. The minimum absolute atomic E-state index is 0. The number of piperazine rings is 1. The summed E-state index contributed by atoms with van der Waals surface area (Å²) in [4.78, 5) is 17.9. The normalized spacial score (nSPS) is 15.2. The van der Waals surface area contributed by atoms with Gasteiger partial charge in [-0.2, -0.15) is 0 Å². The van der Waals surface area contributed by atoms with Crippen molar-refractivity contribution < 1.29 is 4.74 Å². The SMILES string of the molecule is CCNC(=NCCOCCC(C)C)N1CCN(c2ncccn2)CC1.I. The number of nitrogens with zero attached hydrogens (tertiary/aromatic N) is 5. The summed E-state index contributed by atoms with van der Waals surface area (Å²) in [5.41, 5.74) is 0. The molecule has 0 bridgehead atoms. The monoisotopic (exact) mass is 476 g/mol. The second-order valence-corrected chi connectivity index (χ2v) is 6.55. The van der Waals surface area contributed by atoms with Crippen molar-refractivity contribution in [1.29, 1.82) is 0 Å². The number of halogens is 1. The lowest BCUT2D eigenvalue weighted by Crippen LogP contribution is -2.53. The third-order valence-electron chi connectivity index (χ3n) is 4.09. The zero-order chi connectivity index (χ0) is 17.9. The standard InChI is InChI=1S/C18H32N6O.HI/c1-4-19-17(22-9-15-25-14-6-16(2)3)23-10-12-24(13-11-23)18-20-7-5-8-21-18;/h5,7-8,16H,4,6,9-15H2,1-3H3,(H,19,22);1H. The molecule has 0 spiro atoms. The van der Waals surface area contributed by atoms with Crippen LogP contribution in [0.2, 0.25) is 0 Å². The Morgan fingerprint density at radius 3 is 2.50 bits per heavy atom. The topological polar surface area (TPSA) is 65.9 Å². The Kier molecular flexibility index (Phi) is 11.5. The molecule has 0 aliphatic carbocycles. The molecule has 0 saturated carbocycles. The van der Waals surface area contributed by atoms with Gasteiger partial charge < -0.3 is 19.9 Å². The van der Waals surface area contributed by atoms with E-state index < -0.39 is 0 Å². The molecule has 1 N–H and O–H groups in total. The van der Waals surface area contributed by atoms with Crippen LogP contribution in [0, 0.1) is 5.92 Å². The second kappa shape index (κ2) is 13.1. The lowest BCUT2D eigenvalue weighted by molar-refractivity contribution is 0.130. The van der Waals surface area contributed by atoms with E-state index in [1.54, 1.807) is 12.4 Å². The second-order valence-electron chi connectivity index (χ2n) is 6.55. The largest absolute Gasteiger partial charge is 0.380 e. The fourth-order valence-electron chi connectivity index (χ4n) is 2.64. The highest BCUT2D eigenvalue weighted by Crippen LogP contribution is 2.09. The van der Waals surface area contributed by atoms with Crippen LogP contribution in [0.1, 0.15) is 27.2 Å². The van der Waals surface area contributed by atoms with E-state index in [-0.39, 0.29) is 24.0 Å². The number of guanidine groups is 1. The van der Waals surface area contributed by atoms with Gasteiger partial charge in [-0.1, -0.05) is 13.8 Å². The average Bonchev–Trinajstić information content (AvgIpc) is 2.64. The molecule has 2 heterocycles. The molecule has 148 valence electrons. The van der Waals surface area contributed by atoms with Crippen LogP contribution in [0.25, 0.3) is 0 Å². The van der Waals surface area contributed by atoms with Crippen LogP contribution in [0.3, 0.4) is 0 Å². The minimum atomic E-state index is 0. The Labute approximate surface area is 174 Å². The summed E-state index contributed by atoms with van der Waals surface area (Å²) in [5, 5.41) is 3.39. The molecule has 8 heteroatoms. The zero-order valence-corrected chi connectivity index (χ0v) is 18.6. The van der Waals surface area contributed by atoms with E-state index in [0.29, 0.717) is 19.1 Å². The van der Waals surface area contributed by atoms with Crippen LogP contribution >= 0.6 is 24.0 Å². The van der Waals surface area contributed by atoms with Crippen molar-refractivity contribution in [2.45, 2.75) is 27.2 Å². The molecule has 0 radical (unpaired) electrons. The molecule has 0 amide bonds. The molecule has 1 aliphatic rings. The first-order chi connectivity index (χ1) is 12.2. The summed E-state index contributed by atoms with van der Waals surface area (Å²) in [6.07, 6.45) is 4.69. The lowest BCUT2D eigenvalue weighted by atomic mass is 10.1. The van der Waals surface area contributed by atoms with E-state index in [1.165, 1.54) is 0 Å². The predicted octanol–water partition coefficient (Wildman–Crippen LogP) is 2.24. The smallest absolute Gasteiger partial charge is 0.225 e. The van der Waals surface area contributed by atoms with Crippen molar-refractivity contribution in [1.82, 2.24) is 20.2 Å². The van der Waals surface area contributed by atoms with Crippen LogP contribution in [0.4, 0.5) is 5.95 Å². The van der Waals surface area contributed by atoms with Crippen molar-refractivity contribution >= 4 is 35.9 Å². The molecular formula is C18H33IN6O. The number of aliphatic imine (C=N–C) groups is 1. The maximum absolute atomic E-state index is 5.66. The number of ether oxygens (including phenoxy) is 1. The summed E-state index contributed by atoms with van der Waals surface area (Å²) in [5.74, 6) is 2.47. The maximum Gasteiger partial charge on any atom is 0.225 e. The van der Waals surface area contributed by atoms with Crippen LogP contribution in [-0.4, -0.2) is 73.3 Å². The molecule has 1 aromatic rings. The van der Waals surface area contributed by atoms with Gasteiger partial charge in [0.15, 0.2) is 5.96 Å². The molecule has 7 nitrogen and oxygen atoms in total. The van der Waals surface area contributed by atoms with E-state index in [2.05, 4.69) is 45.9 Å². The molecule has 2 rings (SSSR count). The maximum atomic E-state index is 5.66. The fourth-order valence-corrected chi connectivity index (χ4v) is 2.64. The first-order valence-electron chi connectivity index (χ1n) is 9.33. The molecule has 1 aliphatic heterocycles. The van der Waals surface area contributed by atoms with E-state index in [4.69, 9.17) is 9.73 Å². The number of hydrogen-bond acceptors (Lipinski definition) is 5. The van der Waals surface area contributed by atoms with Crippen LogP contribution in [0.15, 0.2) is 23.5 Å².